The number of nitrogens with one attached hydrogen (secondary N) is 1. The van der Waals surface area contributed by atoms with Gasteiger partial charge in [0.2, 0.25) is 5.91 Å². The van der Waals surface area contributed by atoms with E-state index >= 15 is 0 Å². The quantitative estimate of drug-likeness (QED) is 0.692. The molecule has 0 saturated heterocycles. The minimum atomic E-state index is -0.552. The Hall–Kier alpha value is -3.33. The molecule has 0 atom stereocenters. The molecule has 1 aliphatic rings. The van der Waals surface area contributed by atoms with Crippen molar-refractivity contribution in [3.8, 4) is 23.1 Å². The molecule has 5 nitrogen and oxygen atoms in total. The number of nitrogens with zero attached hydrogens (tertiary/aromatic N) is 2. The van der Waals surface area contributed by atoms with Crippen molar-refractivity contribution < 1.29 is 13.9 Å². The van der Waals surface area contributed by atoms with Crippen molar-refractivity contribution in [3.63, 3.8) is 0 Å². The van der Waals surface area contributed by atoms with Gasteiger partial charge in [0.15, 0.2) is 0 Å². The van der Waals surface area contributed by atoms with Crippen molar-refractivity contribution >= 4 is 22.5 Å². The lowest BCUT2D eigenvalue weighted by molar-refractivity contribution is -0.117. The summed E-state index contributed by atoms with van der Waals surface area (Å²) in [6, 6.07) is 15.2. The van der Waals surface area contributed by atoms with E-state index in [9.17, 15) is 14.4 Å². The third kappa shape index (κ3) is 3.31. The van der Waals surface area contributed by atoms with E-state index in [-0.39, 0.29) is 18.4 Å². The zero-order valence-electron chi connectivity index (χ0n) is 15.5. The van der Waals surface area contributed by atoms with E-state index in [0.717, 1.165) is 40.7 Å². The van der Waals surface area contributed by atoms with Gasteiger partial charge in [-0.2, -0.15) is 5.26 Å². The minimum absolute atomic E-state index is 0.00192. The number of amides is 1. The summed E-state index contributed by atoms with van der Waals surface area (Å²) in [7, 11) is 1.89. The normalized spacial score (nSPS) is 13.3. The van der Waals surface area contributed by atoms with Crippen molar-refractivity contribution in [1.29, 1.82) is 5.26 Å². The third-order valence-electron chi connectivity index (χ3n) is 5.00. The molecule has 1 heterocycles. The van der Waals surface area contributed by atoms with E-state index in [1.165, 1.54) is 0 Å². The molecule has 1 N–H and O–H groups in total. The zero-order chi connectivity index (χ0) is 19.7. The SMILES string of the molecule is Cn1c(-c2ccc(NC(=O)C3CC3)cc2)c(C#N)c2ccc(OCCF)cc21. The number of benzene rings is 2. The van der Waals surface area contributed by atoms with E-state index in [1.807, 2.05) is 48.0 Å². The summed E-state index contributed by atoms with van der Waals surface area (Å²) in [5.74, 6) is 0.785. The molecule has 1 aliphatic carbocycles. The van der Waals surface area contributed by atoms with Crippen molar-refractivity contribution in [2.75, 3.05) is 18.6 Å². The van der Waals surface area contributed by atoms with Gasteiger partial charge < -0.3 is 14.6 Å². The number of alkyl halides is 1. The Morgan fingerprint density at radius 3 is 2.68 bits per heavy atom. The monoisotopic (exact) mass is 377 g/mol. The van der Waals surface area contributed by atoms with Gasteiger partial charge >= 0.3 is 0 Å². The van der Waals surface area contributed by atoms with E-state index in [4.69, 9.17) is 4.74 Å². The van der Waals surface area contributed by atoms with Gasteiger partial charge in [0, 0.05) is 30.1 Å². The Labute approximate surface area is 162 Å². The van der Waals surface area contributed by atoms with Gasteiger partial charge in [0.05, 0.1) is 16.8 Å². The number of carbonyl (C=O) groups excluding carboxylic acids is 1. The summed E-state index contributed by atoms with van der Waals surface area (Å²) in [5, 5.41) is 13.5. The summed E-state index contributed by atoms with van der Waals surface area (Å²) >= 11 is 0. The molecule has 2 aromatic carbocycles. The van der Waals surface area contributed by atoms with Crippen LogP contribution in [-0.2, 0) is 11.8 Å². The standard InChI is InChI=1S/C22H20FN3O2/c1-26-20-12-17(28-11-10-23)8-9-18(20)19(13-24)21(26)14-4-6-16(7-5-14)25-22(27)15-2-3-15/h4-9,12,15H,2-3,10-11H2,1H3,(H,25,27). The molecule has 0 aliphatic heterocycles. The van der Waals surface area contributed by atoms with E-state index in [0.29, 0.717) is 11.3 Å². The molecule has 1 fully saturated rings. The van der Waals surface area contributed by atoms with Crippen LogP contribution in [0.2, 0.25) is 0 Å². The first kappa shape index (κ1) is 18.1. The van der Waals surface area contributed by atoms with Gasteiger partial charge in [-0.15, -0.1) is 0 Å². The van der Waals surface area contributed by atoms with Crippen LogP contribution in [-0.4, -0.2) is 23.8 Å². The molecular weight excluding hydrogens is 357 g/mol. The minimum Gasteiger partial charge on any atom is -0.491 e. The second-order valence-corrected chi connectivity index (χ2v) is 6.95. The van der Waals surface area contributed by atoms with Crippen LogP contribution in [0.4, 0.5) is 10.1 Å². The predicted octanol–water partition coefficient (Wildman–Crippen LogP) is 4.41. The second-order valence-electron chi connectivity index (χ2n) is 6.95. The van der Waals surface area contributed by atoms with Crippen LogP contribution in [0.1, 0.15) is 18.4 Å². The van der Waals surface area contributed by atoms with Crippen molar-refractivity contribution in [3.05, 3.63) is 48.0 Å². The number of aryl methyl sites for hydroxylation is 1. The zero-order valence-corrected chi connectivity index (χ0v) is 15.5. The Kier molecular flexibility index (Phi) is 4.74. The summed E-state index contributed by atoms with van der Waals surface area (Å²) in [4.78, 5) is 11.9. The molecule has 0 unspecified atom stereocenters. The smallest absolute Gasteiger partial charge is 0.227 e. The Bertz CT molecular complexity index is 1080. The fourth-order valence-corrected chi connectivity index (χ4v) is 3.41. The third-order valence-corrected chi connectivity index (χ3v) is 5.00. The number of aromatic nitrogens is 1. The Morgan fingerprint density at radius 2 is 2.04 bits per heavy atom. The Morgan fingerprint density at radius 1 is 1.29 bits per heavy atom. The van der Waals surface area contributed by atoms with Gasteiger partial charge in [0.25, 0.3) is 0 Å². The van der Waals surface area contributed by atoms with E-state index in [2.05, 4.69) is 11.4 Å². The lowest BCUT2D eigenvalue weighted by Crippen LogP contribution is -2.13. The fourth-order valence-electron chi connectivity index (χ4n) is 3.41. The number of hydrogen-bond acceptors (Lipinski definition) is 3. The van der Waals surface area contributed by atoms with Crippen LogP contribution >= 0.6 is 0 Å². The van der Waals surface area contributed by atoms with Gasteiger partial charge in [0.1, 0.15) is 25.1 Å². The van der Waals surface area contributed by atoms with Crippen LogP contribution in [0.25, 0.3) is 22.2 Å². The maximum atomic E-state index is 12.4. The molecule has 1 saturated carbocycles. The molecule has 28 heavy (non-hydrogen) atoms. The first-order valence-electron chi connectivity index (χ1n) is 9.25. The lowest BCUT2D eigenvalue weighted by atomic mass is 10.1. The van der Waals surface area contributed by atoms with Gasteiger partial charge in [-0.05, 0) is 42.7 Å². The highest BCUT2D eigenvalue weighted by atomic mass is 19.1. The van der Waals surface area contributed by atoms with E-state index < -0.39 is 6.67 Å². The fraction of sp³-hybridized carbons (Fsp3) is 0.273. The molecule has 1 amide bonds. The molecule has 0 bridgehead atoms. The average molecular weight is 377 g/mol. The maximum Gasteiger partial charge on any atom is 0.227 e. The number of anilines is 1. The lowest BCUT2D eigenvalue weighted by Gasteiger charge is -2.08. The molecule has 0 spiro atoms. The Balaban J connectivity index is 1.70. The molecule has 3 aromatic rings. The number of hydrogen-bond donors (Lipinski definition) is 1. The molecular formula is C22H20FN3O2. The van der Waals surface area contributed by atoms with E-state index in [1.54, 1.807) is 6.07 Å². The first-order valence-corrected chi connectivity index (χ1v) is 9.25. The number of fused-ring (bicyclic) bond motifs is 1. The van der Waals surface area contributed by atoms with Crippen LogP contribution < -0.4 is 10.1 Å². The topological polar surface area (TPSA) is 67.0 Å². The summed E-state index contributed by atoms with van der Waals surface area (Å²) < 4.78 is 19.7. The highest BCUT2D eigenvalue weighted by Crippen LogP contribution is 2.35. The maximum absolute atomic E-state index is 12.4. The molecule has 4 rings (SSSR count). The van der Waals surface area contributed by atoms with Crippen LogP contribution in [0.15, 0.2) is 42.5 Å². The molecule has 0 radical (unpaired) electrons. The first-order chi connectivity index (χ1) is 13.6. The highest BCUT2D eigenvalue weighted by molar-refractivity contribution is 5.96. The summed E-state index contributed by atoms with van der Waals surface area (Å²) in [6.45, 7) is -0.550. The highest BCUT2D eigenvalue weighted by Gasteiger charge is 2.29. The molecule has 142 valence electrons. The van der Waals surface area contributed by atoms with Crippen LogP contribution in [0, 0.1) is 17.2 Å². The summed E-state index contributed by atoms with van der Waals surface area (Å²) in [5.41, 5.74) is 3.84. The number of carbonyl (C=O) groups is 1. The van der Waals surface area contributed by atoms with Crippen molar-refractivity contribution in [2.24, 2.45) is 13.0 Å². The van der Waals surface area contributed by atoms with Crippen molar-refractivity contribution in [1.82, 2.24) is 4.57 Å². The average Bonchev–Trinajstić information content (AvgIpc) is 3.52. The number of rotatable bonds is 6. The molecule has 1 aromatic heterocycles. The summed E-state index contributed by atoms with van der Waals surface area (Å²) in [6.07, 6.45) is 1.92. The predicted molar refractivity (Wildman–Crippen MR) is 106 cm³/mol. The van der Waals surface area contributed by atoms with Crippen molar-refractivity contribution in [2.45, 2.75) is 12.8 Å². The van der Waals surface area contributed by atoms with Gasteiger partial charge in [-0.1, -0.05) is 12.1 Å². The molecule has 6 heteroatoms. The largest absolute Gasteiger partial charge is 0.491 e. The van der Waals surface area contributed by atoms with Gasteiger partial charge in [-0.25, -0.2) is 4.39 Å². The number of halogens is 1. The van der Waals surface area contributed by atoms with Crippen LogP contribution in [0.3, 0.4) is 0 Å². The van der Waals surface area contributed by atoms with Crippen LogP contribution in [0.5, 0.6) is 5.75 Å². The van der Waals surface area contributed by atoms with Gasteiger partial charge in [-0.3, -0.25) is 4.79 Å². The second kappa shape index (κ2) is 7.35. The number of ether oxygens (including phenoxy) is 1. The number of nitriles is 1.